The minimum absolute atomic E-state index is 0.0216. The van der Waals surface area contributed by atoms with Gasteiger partial charge in [-0.05, 0) is 92.9 Å². The highest BCUT2D eigenvalue weighted by Crippen LogP contribution is 2.78. The maximum absolute atomic E-state index is 13.3. The molecular weight excluding hydrogens is 404 g/mol. The molecule has 4 nitrogen and oxygen atoms in total. The van der Waals surface area contributed by atoms with Crippen molar-refractivity contribution in [3.05, 3.63) is 35.9 Å². The van der Waals surface area contributed by atoms with Crippen LogP contribution in [-0.4, -0.2) is 39.9 Å². The molecule has 1 aliphatic heterocycles. The number of aryl methyl sites for hydroxylation is 1. The van der Waals surface area contributed by atoms with Gasteiger partial charge < -0.3 is 10.2 Å². The molecule has 1 N–H and O–H groups in total. The molecule has 0 radical (unpaired) electrons. The van der Waals surface area contributed by atoms with Crippen molar-refractivity contribution >= 4 is 22.9 Å². The summed E-state index contributed by atoms with van der Waals surface area (Å²) in [7, 11) is 0. The van der Waals surface area contributed by atoms with Crippen molar-refractivity contribution < 1.29 is 9.59 Å². The highest BCUT2D eigenvalue weighted by Gasteiger charge is 2.71. The average Bonchev–Trinajstić information content (AvgIpc) is 3.19. The zero-order valence-electron chi connectivity index (χ0n) is 18.4. The van der Waals surface area contributed by atoms with E-state index in [4.69, 9.17) is 0 Å². The quantitative estimate of drug-likeness (QED) is 0.624. The molecule has 5 heteroatoms. The van der Waals surface area contributed by atoms with Crippen molar-refractivity contribution in [2.45, 2.75) is 82.2 Å². The van der Waals surface area contributed by atoms with Gasteiger partial charge in [0.25, 0.3) is 0 Å². The Balaban J connectivity index is 1.04. The third-order valence-electron chi connectivity index (χ3n) is 8.90. The van der Waals surface area contributed by atoms with Crippen molar-refractivity contribution in [2.75, 3.05) is 12.3 Å². The number of amides is 2. The Morgan fingerprint density at radius 2 is 1.77 bits per heavy atom. The molecule has 2 amide bonds. The second kappa shape index (κ2) is 7.26. The van der Waals surface area contributed by atoms with Gasteiger partial charge in [0.05, 0.1) is 0 Å². The summed E-state index contributed by atoms with van der Waals surface area (Å²) < 4.78 is 0. The molecule has 9 rings (SSSR count). The molecule has 8 aliphatic rings. The number of hydrogen-bond donors (Lipinski definition) is 1. The van der Waals surface area contributed by atoms with E-state index in [1.807, 2.05) is 11.0 Å². The zero-order valence-corrected chi connectivity index (χ0v) is 19.2. The second-order valence-electron chi connectivity index (χ2n) is 11.5. The molecule has 7 saturated carbocycles. The van der Waals surface area contributed by atoms with E-state index in [1.54, 1.807) is 0 Å². The Kier molecular flexibility index (Phi) is 4.72. The van der Waals surface area contributed by atoms with Crippen molar-refractivity contribution in [3.63, 3.8) is 0 Å². The first-order chi connectivity index (χ1) is 15.0. The van der Waals surface area contributed by atoms with Crippen LogP contribution in [0.3, 0.4) is 0 Å². The van der Waals surface area contributed by atoms with Gasteiger partial charge in [-0.2, -0.15) is 0 Å². The lowest BCUT2D eigenvalue weighted by Crippen LogP contribution is -2.73. The number of likely N-dealkylation sites (tertiary alicyclic amines) is 1. The van der Waals surface area contributed by atoms with E-state index >= 15 is 0 Å². The predicted octanol–water partition coefficient (Wildman–Crippen LogP) is 5.17. The smallest absolute Gasteiger partial charge is 0.318 e. The van der Waals surface area contributed by atoms with Gasteiger partial charge >= 0.3 is 6.03 Å². The lowest BCUT2D eigenvalue weighted by Gasteiger charge is -2.76. The van der Waals surface area contributed by atoms with Crippen LogP contribution in [-0.2, 0) is 11.2 Å². The van der Waals surface area contributed by atoms with Gasteiger partial charge in [-0.25, -0.2) is 4.79 Å². The molecule has 1 aromatic rings. The number of nitrogens with one attached hydrogen (secondary N) is 1. The normalized spacial score (nSPS) is 39.4. The largest absolute Gasteiger partial charge is 0.332 e. The fourth-order valence-corrected chi connectivity index (χ4v) is 9.67. The van der Waals surface area contributed by atoms with E-state index in [2.05, 4.69) is 29.6 Å². The predicted molar refractivity (Wildman–Crippen MR) is 124 cm³/mol. The molecular formula is C26H34N2O2S. The minimum Gasteiger partial charge on any atom is -0.332 e. The Morgan fingerprint density at radius 3 is 2.48 bits per heavy atom. The maximum atomic E-state index is 13.3. The van der Waals surface area contributed by atoms with Gasteiger partial charge in [0.2, 0.25) is 5.12 Å². The van der Waals surface area contributed by atoms with Crippen LogP contribution in [0.2, 0.25) is 0 Å². The Morgan fingerprint density at radius 1 is 1.03 bits per heavy atom. The standard InChI is InChI=1S/C26H34N2O2S/c29-22(31-11-5-8-19-6-2-1-3-7-19)21-9-4-10-28(21)23(30)27-26-14-20-12-24(17-26)15-25(13-20,16-24)18-26/h1-3,6-7,20-21H,4-5,8-18H2,(H,27,30)/t20?,21-,24?,25?,26?/m0/s1. The molecule has 0 aromatic heterocycles. The summed E-state index contributed by atoms with van der Waals surface area (Å²) in [5, 5.41) is 3.70. The monoisotopic (exact) mass is 438 g/mol. The average molecular weight is 439 g/mol. The molecule has 166 valence electrons. The van der Waals surface area contributed by atoms with Gasteiger partial charge in [-0.15, -0.1) is 0 Å². The summed E-state index contributed by atoms with van der Waals surface area (Å²) in [6, 6.07) is 10.3. The van der Waals surface area contributed by atoms with E-state index in [-0.39, 0.29) is 22.7 Å². The first-order valence-corrected chi connectivity index (χ1v) is 13.3. The van der Waals surface area contributed by atoms with Gasteiger partial charge in [0.15, 0.2) is 0 Å². The number of urea groups is 1. The van der Waals surface area contributed by atoms with Crippen LogP contribution in [0, 0.1) is 16.7 Å². The first-order valence-electron chi connectivity index (χ1n) is 12.3. The summed E-state index contributed by atoms with van der Waals surface area (Å²) in [4.78, 5) is 28.1. The van der Waals surface area contributed by atoms with Crippen LogP contribution in [0.25, 0.3) is 0 Å². The highest BCUT2D eigenvalue weighted by molar-refractivity contribution is 8.13. The van der Waals surface area contributed by atoms with Crippen LogP contribution in [0.5, 0.6) is 0 Å². The Bertz CT molecular complexity index is 848. The summed E-state index contributed by atoms with van der Waals surface area (Å²) in [6.45, 7) is 0.725. The van der Waals surface area contributed by atoms with E-state index in [9.17, 15) is 9.59 Å². The number of benzene rings is 1. The summed E-state index contributed by atoms with van der Waals surface area (Å²) >= 11 is 1.43. The van der Waals surface area contributed by atoms with Crippen LogP contribution in [0.4, 0.5) is 4.79 Å². The minimum atomic E-state index is -0.235. The third-order valence-corrected chi connectivity index (χ3v) is 9.95. The van der Waals surface area contributed by atoms with Gasteiger partial charge in [0, 0.05) is 17.8 Å². The Labute approximate surface area is 189 Å². The van der Waals surface area contributed by atoms with Crippen LogP contribution < -0.4 is 5.32 Å². The summed E-state index contributed by atoms with van der Waals surface area (Å²) in [6.07, 6.45) is 12.9. The Hall–Kier alpha value is -1.49. The van der Waals surface area contributed by atoms with E-state index < -0.39 is 0 Å². The second-order valence-corrected chi connectivity index (χ2v) is 12.6. The van der Waals surface area contributed by atoms with Crippen molar-refractivity contribution in [1.82, 2.24) is 10.2 Å². The maximum Gasteiger partial charge on any atom is 0.318 e. The van der Waals surface area contributed by atoms with E-state index in [0.717, 1.165) is 43.9 Å². The van der Waals surface area contributed by atoms with Crippen LogP contribution >= 0.6 is 11.8 Å². The lowest BCUT2D eigenvalue weighted by atomic mass is 9.30. The van der Waals surface area contributed by atoms with Crippen molar-refractivity contribution in [2.24, 2.45) is 16.7 Å². The fraction of sp³-hybridized carbons (Fsp3) is 0.692. The van der Waals surface area contributed by atoms with Gasteiger partial charge in [-0.1, -0.05) is 42.1 Å². The molecule has 7 aliphatic carbocycles. The zero-order chi connectivity index (χ0) is 21.1. The van der Waals surface area contributed by atoms with Crippen molar-refractivity contribution in [1.29, 1.82) is 0 Å². The number of carbonyl (C=O) groups excluding carboxylic acids is 2. The van der Waals surface area contributed by atoms with Crippen molar-refractivity contribution in [3.8, 4) is 0 Å². The molecule has 1 atom stereocenters. The molecule has 4 bridgehead atoms. The molecule has 31 heavy (non-hydrogen) atoms. The number of rotatable bonds is 6. The molecule has 1 heterocycles. The number of carbonyl (C=O) groups is 2. The van der Waals surface area contributed by atoms with E-state index in [1.165, 1.54) is 62.3 Å². The fourth-order valence-electron chi connectivity index (χ4n) is 8.74. The summed E-state index contributed by atoms with van der Waals surface area (Å²) in [5.74, 6) is 1.65. The van der Waals surface area contributed by atoms with Crippen LogP contribution in [0.15, 0.2) is 30.3 Å². The molecule has 1 saturated heterocycles. The number of hydrogen-bond acceptors (Lipinski definition) is 3. The first kappa shape index (κ1) is 20.1. The van der Waals surface area contributed by atoms with Gasteiger partial charge in [-0.3, -0.25) is 4.79 Å². The lowest BCUT2D eigenvalue weighted by molar-refractivity contribution is -0.233. The summed E-state index contributed by atoms with van der Waals surface area (Å²) in [5.41, 5.74) is 2.43. The van der Waals surface area contributed by atoms with E-state index in [0.29, 0.717) is 10.8 Å². The van der Waals surface area contributed by atoms with Gasteiger partial charge in [0.1, 0.15) is 6.04 Å². The highest BCUT2D eigenvalue weighted by atomic mass is 32.2. The third kappa shape index (κ3) is 3.51. The number of nitrogens with zero attached hydrogens (tertiary/aromatic N) is 1. The molecule has 2 spiro atoms. The molecule has 8 fully saturated rings. The molecule has 0 unspecified atom stereocenters. The van der Waals surface area contributed by atoms with Crippen LogP contribution in [0.1, 0.15) is 69.8 Å². The number of thioether (sulfide) groups is 1. The topological polar surface area (TPSA) is 49.4 Å². The SMILES string of the molecule is O=C(SCCCc1ccccc1)[C@@H]1CCCN1C(=O)NC12CC3CC4(CC(C3)(C4)C1)C2. The molecule has 1 aromatic carbocycles.